The first-order valence-electron chi connectivity index (χ1n) is 18.1. The van der Waals surface area contributed by atoms with E-state index in [1.165, 1.54) is 22.3 Å². The van der Waals surface area contributed by atoms with Crippen LogP contribution in [0.25, 0.3) is 21.8 Å². The second-order valence-corrected chi connectivity index (χ2v) is 19.5. The van der Waals surface area contributed by atoms with E-state index in [1.807, 2.05) is 20.8 Å². The number of halogens is 2. The van der Waals surface area contributed by atoms with E-state index in [4.69, 9.17) is 14.7 Å². The average molecular weight is 774 g/mol. The molecule has 3 aromatic rings. The van der Waals surface area contributed by atoms with E-state index in [0.29, 0.717) is 41.7 Å². The van der Waals surface area contributed by atoms with E-state index < -0.39 is 39.1 Å². The lowest BCUT2D eigenvalue weighted by atomic mass is 9.60. The molecule has 2 amide bonds. The fraction of sp³-hybridized carbons (Fsp3) is 0.595. The number of nitrogens with one attached hydrogen (secondary N) is 2. The number of ether oxygens (including phenoxy) is 1. The highest BCUT2D eigenvalue weighted by Crippen LogP contribution is 2.50. The molecule has 2 aromatic heterocycles. The minimum absolute atomic E-state index is 0.0512. The van der Waals surface area contributed by atoms with Crippen molar-refractivity contribution >= 4 is 45.0 Å². The Morgan fingerprint density at radius 2 is 1.72 bits per heavy atom. The van der Waals surface area contributed by atoms with Crippen molar-refractivity contribution < 1.29 is 31.5 Å². The normalized spacial score (nSPS) is 18.7. The van der Waals surface area contributed by atoms with Crippen LogP contribution in [0.15, 0.2) is 30.5 Å². The Kier molecular flexibility index (Phi) is 10.3. The first kappa shape index (κ1) is 38.8. The van der Waals surface area contributed by atoms with Crippen molar-refractivity contribution in [3.8, 4) is 21.8 Å². The minimum atomic E-state index is -3.72. The zero-order valence-corrected chi connectivity index (χ0v) is 33.0. The van der Waals surface area contributed by atoms with E-state index in [1.54, 1.807) is 57.0 Å². The third kappa shape index (κ3) is 8.43. The Hall–Kier alpha value is -3.92. The predicted octanol–water partition coefficient (Wildman–Crippen LogP) is 7.00. The van der Waals surface area contributed by atoms with E-state index in [0.717, 1.165) is 17.8 Å². The molecule has 0 atom stereocenters. The fourth-order valence-corrected chi connectivity index (χ4v) is 9.37. The number of aromatic nitrogens is 3. The van der Waals surface area contributed by atoms with Gasteiger partial charge in [0, 0.05) is 67.7 Å². The van der Waals surface area contributed by atoms with Gasteiger partial charge < -0.3 is 19.9 Å². The molecule has 3 aliphatic rings. The van der Waals surface area contributed by atoms with Crippen molar-refractivity contribution in [1.82, 2.24) is 24.8 Å². The highest BCUT2D eigenvalue weighted by Gasteiger charge is 2.57. The van der Waals surface area contributed by atoms with Gasteiger partial charge in [0.05, 0.1) is 32.7 Å². The van der Waals surface area contributed by atoms with E-state index >= 15 is 8.78 Å². The summed E-state index contributed by atoms with van der Waals surface area (Å²) in [5.74, 6) is -0.954. The molecular weight excluding hydrogens is 725 g/mol. The molecule has 2 saturated heterocycles. The van der Waals surface area contributed by atoms with Gasteiger partial charge in [-0.05, 0) is 58.2 Å². The predicted molar refractivity (Wildman–Crippen MR) is 201 cm³/mol. The van der Waals surface area contributed by atoms with Gasteiger partial charge in [0.25, 0.3) is 5.91 Å². The van der Waals surface area contributed by atoms with E-state index in [9.17, 15) is 18.0 Å². The Labute approximate surface area is 314 Å². The summed E-state index contributed by atoms with van der Waals surface area (Å²) in [5, 5.41) is 4.16. The highest BCUT2D eigenvalue weighted by atomic mass is 32.2. The average Bonchev–Trinajstić information content (AvgIpc) is 3.48. The molecule has 0 radical (unpaired) electrons. The first-order chi connectivity index (χ1) is 24.7. The third-order valence-corrected chi connectivity index (χ3v) is 12.8. The summed E-state index contributed by atoms with van der Waals surface area (Å²) >= 11 is 1.40. The molecule has 12 nitrogen and oxygen atoms in total. The summed E-state index contributed by atoms with van der Waals surface area (Å²) in [6.45, 7) is 14.3. The van der Waals surface area contributed by atoms with Gasteiger partial charge in [-0.25, -0.2) is 36.9 Å². The quantitative estimate of drug-likeness (QED) is 0.235. The number of sulfonamides is 1. The van der Waals surface area contributed by atoms with Crippen LogP contribution in [0.2, 0.25) is 0 Å². The number of thiazole rings is 1. The van der Waals surface area contributed by atoms with Crippen LogP contribution in [0.3, 0.4) is 0 Å². The van der Waals surface area contributed by atoms with Crippen LogP contribution in [0.5, 0.6) is 0 Å². The number of alkyl halides is 1. The summed E-state index contributed by atoms with van der Waals surface area (Å²) in [7, 11) is -3.72. The van der Waals surface area contributed by atoms with Crippen LogP contribution in [0.4, 0.5) is 25.2 Å². The molecule has 1 aliphatic carbocycles. The van der Waals surface area contributed by atoms with Crippen LogP contribution < -0.4 is 10.0 Å². The topological polar surface area (TPSA) is 147 Å². The number of anilines is 2. The maximum Gasteiger partial charge on any atom is 0.410 e. The lowest BCUT2D eigenvalue weighted by Gasteiger charge is -2.60. The van der Waals surface area contributed by atoms with Crippen LogP contribution in [0.1, 0.15) is 85.6 Å². The van der Waals surface area contributed by atoms with E-state index in [2.05, 4.69) is 15.0 Å². The van der Waals surface area contributed by atoms with Crippen molar-refractivity contribution in [2.24, 2.45) is 5.41 Å². The number of carbonyl (C=O) groups excluding carboxylic acids is 2. The number of nitrogens with zero attached hydrogens (tertiary/aromatic N) is 5. The van der Waals surface area contributed by atoms with Crippen LogP contribution in [0, 0.1) is 11.2 Å². The molecule has 53 heavy (non-hydrogen) atoms. The Morgan fingerprint density at radius 3 is 2.34 bits per heavy atom. The fourth-order valence-electron chi connectivity index (χ4n) is 7.14. The second-order valence-electron chi connectivity index (χ2n) is 16.6. The largest absolute Gasteiger partial charge is 0.444 e. The maximum atomic E-state index is 16.0. The highest BCUT2D eigenvalue weighted by molar-refractivity contribution is 7.92. The number of rotatable bonds is 9. The molecule has 1 saturated carbocycles. The number of carbonyl (C=O) groups is 2. The monoisotopic (exact) mass is 773 g/mol. The molecule has 0 bridgehead atoms. The molecule has 6 rings (SSSR count). The third-order valence-electron chi connectivity index (χ3n) is 9.77. The lowest BCUT2D eigenvalue weighted by molar-refractivity contribution is -0.166. The van der Waals surface area contributed by atoms with Gasteiger partial charge in [-0.1, -0.05) is 33.8 Å². The van der Waals surface area contributed by atoms with Gasteiger partial charge in [-0.3, -0.25) is 9.52 Å². The zero-order valence-electron chi connectivity index (χ0n) is 31.4. The minimum Gasteiger partial charge on any atom is -0.444 e. The summed E-state index contributed by atoms with van der Waals surface area (Å²) < 4.78 is 64.5. The summed E-state index contributed by atoms with van der Waals surface area (Å²) in [6.07, 6.45) is 2.95. The summed E-state index contributed by atoms with van der Waals surface area (Å²) in [6, 6.07) is 6.36. The van der Waals surface area contributed by atoms with Gasteiger partial charge >= 0.3 is 6.09 Å². The molecule has 1 spiro atoms. The number of hydrogen-bond donors (Lipinski definition) is 2. The van der Waals surface area contributed by atoms with Gasteiger partial charge in [-0.15, -0.1) is 11.3 Å². The Morgan fingerprint density at radius 1 is 1.04 bits per heavy atom. The number of likely N-dealkylation sites (tertiary alicyclic amines) is 2. The van der Waals surface area contributed by atoms with Crippen molar-refractivity contribution in [2.45, 2.75) is 103 Å². The van der Waals surface area contributed by atoms with Crippen molar-refractivity contribution in [2.75, 3.05) is 42.0 Å². The van der Waals surface area contributed by atoms with Crippen molar-refractivity contribution in [3.63, 3.8) is 0 Å². The summed E-state index contributed by atoms with van der Waals surface area (Å²) in [5.41, 5.74) is -2.16. The molecule has 1 aromatic carbocycles. The Bertz CT molecular complexity index is 1970. The molecule has 0 unspecified atom stereocenters. The number of amides is 2. The molecular formula is C37H49F2N7O5S2. The van der Waals surface area contributed by atoms with Gasteiger partial charge in [0.2, 0.25) is 16.0 Å². The molecule has 16 heteroatoms. The van der Waals surface area contributed by atoms with Crippen LogP contribution >= 0.6 is 11.3 Å². The molecule has 288 valence electrons. The maximum absolute atomic E-state index is 16.0. The number of hydrogen-bond acceptors (Lipinski definition) is 10. The van der Waals surface area contributed by atoms with Crippen LogP contribution in [-0.4, -0.2) is 94.4 Å². The van der Waals surface area contributed by atoms with Gasteiger partial charge in [0.1, 0.15) is 5.60 Å². The number of piperidine rings is 1. The van der Waals surface area contributed by atoms with Crippen molar-refractivity contribution in [1.29, 1.82) is 0 Å². The van der Waals surface area contributed by atoms with E-state index in [-0.39, 0.29) is 59.8 Å². The zero-order chi connectivity index (χ0) is 38.6. The smallest absolute Gasteiger partial charge is 0.410 e. The lowest BCUT2D eigenvalue weighted by Crippen LogP contribution is -2.69. The van der Waals surface area contributed by atoms with Crippen LogP contribution in [-0.2, 0) is 25.0 Å². The SMILES string of the molecule is CCCS(=O)(=O)Nc1cccc(-c2nc(C(C)(C)C)sc2-c2ccnc(NC3CC4(C3)CN(C(=O)C3(F)CCN(C(=O)OC(C)(C)C)CC3)C4)n2)c1F. The summed E-state index contributed by atoms with van der Waals surface area (Å²) in [4.78, 5) is 43.4. The second kappa shape index (κ2) is 14.1. The number of benzene rings is 1. The molecule has 2 N–H and O–H groups in total. The van der Waals surface area contributed by atoms with Gasteiger partial charge in [0.15, 0.2) is 11.5 Å². The standard InChI is InChI=1S/C37H49F2N7O5S2/c1-8-18-53(49,50)44-25-11-9-10-24(27(25)38)28-29(52-30(43-28)34(2,3)4)26-12-15-40-32(42-26)41-23-19-36(20-23)21-46(22-36)31(47)37(39)13-16-45(17-14-37)33(48)51-35(5,6)7/h9-12,15,23,44H,8,13-14,16-22H2,1-7H3,(H,40,41,42). The van der Waals surface area contributed by atoms with Gasteiger partial charge in [-0.2, -0.15) is 0 Å². The first-order valence-corrected chi connectivity index (χ1v) is 20.5. The molecule has 3 fully saturated rings. The Balaban J connectivity index is 1.10. The molecule has 4 heterocycles. The van der Waals surface area contributed by atoms with Crippen molar-refractivity contribution in [3.05, 3.63) is 41.3 Å². The molecule has 2 aliphatic heterocycles.